The van der Waals surface area contributed by atoms with Gasteiger partial charge >= 0.3 is 0 Å². The molecule has 4 N–H and O–H groups in total. The lowest BCUT2D eigenvalue weighted by Crippen LogP contribution is -2.49. The Bertz CT molecular complexity index is 1130. The number of hydrogen-bond donors (Lipinski definition) is 3. The fourth-order valence-electron chi connectivity index (χ4n) is 4.16. The van der Waals surface area contributed by atoms with E-state index in [-0.39, 0.29) is 17.4 Å². The van der Waals surface area contributed by atoms with Crippen LogP contribution in [0, 0.1) is 0 Å². The maximum atomic E-state index is 12.1. The Labute approximate surface area is 186 Å². The molecule has 1 unspecified atom stereocenters. The van der Waals surface area contributed by atoms with E-state index in [4.69, 9.17) is 10.5 Å². The van der Waals surface area contributed by atoms with Crippen LogP contribution in [0.5, 0.6) is 0 Å². The Balaban J connectivity index is 0.000000230. The number of anilines is 1. The first-order valence-corrected chi connectivity index (χ1v) is 11.0. The van der Waals surface area contributed by atoms with Gasteiger partial charge in [0.25, 0.3) is 0 Å². The molecule has 8 nitrogen and oxygen atoms in total. The molecule has 1 amide bonds. The maximum Gasteiger partial charge on any atom is 0.236 e. The number of primary amides is 1. The van der Waals surface area contributed by atoms with Crippen molar-refractivity contribution >= 4 is 22.8 Å². The maximum absolute atomic E-state index is 12.1. The van der Waals surface area contributed by atoms with Crippen LogP contribution in [0.2, 0.25) is 0 Å². The van der Waals surface area contributed by atoms with Gasteiger partial charge in [-0.1, -0.05) is 24.3 Å². The normalized spacial score (nSPS) is 18.0. The Hall–Kier alpha value is -3.23. The van der Waals surface area contributed by atoms with Crippen LogP contribution in [0.3, 0.4) is 0 Å². The molecule has 168 valence electrons. The van der Waals surface area contributed by atoms with E-state index in [2.05, 4.69) is 46.8 Å². The molecule has 1 aliphatic heterocycles. The van der Waals surface area contributed by atoms with E-state index in [0.29, 0.717) is 31.3 Å². The highest BCUT2D eigenvalue weighted by molar-refractivity contribution is 5.80. The fraction of sp³-hybridized carbons (Fsp3) is 0.375. The highest BCUT2D eigenvalue weighted by atomic mass is 16.5. The van der Waals surface area contributed by atoms with Crippen LogP contribution in [0.25, 0.3) is 11.0 Å². The number of fused-ring (bicyclic) bond motifs is 2. The number of ether oxygens (including phenoxy) is 1. The minimum atomic E-state index is -0.338. The van der Waals surface area contributed by atoms with Crippen LogP contribution < -0.4 is 21.8 Å². The number of hydrogen-bond acceptors (Lipinski definition) is 6. The van der Waals surface area contributed by atoms with Crippen molar-refractivity contribution in [1.82, 2.24) is 14.9 Å². The summed E-state index contributed by atoms with van der Waals surface area (Å²) in [7, 11) is 0. The lowest BCUT2D eigenvalue weighted by molar-refractivity contribution is -0.122. The summed E-state index contributed by atoms with van der Waals surface area (Å²) in [4.78, 5) is 27.1. The van der Waals surface area contributed by atoms with E-state index in [9.17, 15) is 9.59 Å². The van der Waals surface area contributed by atoms with Gasteiger partial charge in [-0.25, -0.2) is 4.98 Å². The molecule has 3 heterocycles. The van der Waals surface area contributed by atoms with Gasteiger partial charge in [-0.3, -0.25) is 9.59 Å². The number of pyridine rings is 2. The predicted octanol–water partition coefficient (Wildman–Crippen LogP) is 1.46. The zero-order valence-corrected chi connectivity index (χ0v) is 18.2. The molecular formula is C24H29N5O3. The number of carbonyl (C=O) groups excluding carboxylic acids is 1. The summed E-state index contributed by atoms with van der Waals surface area (Å²) in [5, 5.41) is 6.40. The van der Waals surface area contributed by atoms with Gasteiger partial charge < -0.3 is 25.7 Å². The second-order valence-corrected chi connectivity index (χ2v) is 8.03. The van der Waals surface area contributed by atoms with Crippen LogP contribution >= 0.6 is 0 Å². The molecular weight excluding hydrogens is 406 g/mol. The Morgan fingerprint density at radius 3 is 2.56 bits per heavy atom. The summed E-state index contributed by atoms with van der Waals surface area (Å²) in [6.45, 7) is 4.68. The highest BCUT2D eigenvalue weighted by Crippen LogP contribution is 2.24. The molecule has 1 atom stereocenters. The van der Waals surface area contributed by atoms with E-state index in [1.54, 1.807) is 6.07 Å². The SMILES string of the molecule is CCn1ccc(=O)c2nc(NC3Cc4ccccc4C3)ccc21.NC(=O)C1COCCN1. The Morgan fingerprint density at radius 1 is 1.22 bits per heavy atom. The van der Waals surface area contributed by atoms with E-state index in [1.165, 1.54) is 11.1 Å². The van der Waals surface area contributed by atoms with Crippen molar-refractivity contribution in [2.45, 2.75) is 38.4 Å². The van der Waals surface area contributed by atoms with Gasteiger partial charge in [-0.15, -0.1) is 0 Å². The predicted molar refractivity (Wildman–Crippen MR) is 125 cm³/mol. The van der Waals surface area contributed by atoms with Crippen molar-refractivity contribution in [2.24, 2.45) is 5.73 Å². The summed E-state index contributed by atoms with van der Waals surface area (Å²) < 4.78 is 7.02. The van der Waals surface area contributed by atoms with Crippen LogP contribution in [-0.2, 0) is 28.9 Å². The van der Waals surface area contributed by atoms with E-state index < -0.39 is 0 Å². The van der Waals surface area contributed by atoms with Gasteiger partial charge in [0.1, 0.15) is 17.4 Å². The topological polar surface area (TPSA) is 111 Å². The molecule has 8 heteroatoms. The highest BCUT2D eigenvalue weighted by Gasteiger charge is 2.21. The smallest absolute Gasteiger partial charge is 0.236 e. The second-order valence-electron chi connectivity index (χ2n) is 8.03. The molecule has 1 saturated heterocycles. The average molecular weight is 436 g/mol. The van der Waals surface area contributed by atoms with Crippen molar-refractivity contribution < 1.29 is 9.53 Å². The van der Waals surface area contributed by atoms with Crippen molar-refractivity contribution in [3.8, 4) is 0 Å². The molecule has 0 saturated carbocycles. The lowest BCUT2D eigenvalue weighted by Gasteiger charge is -2.20. The van der Waals surface area contributed by atoms with Crippen LogP contribution in [0.4, 0.5) is 5.82 Å². The molecule has 1 aromatic carbocycles. The number of rotatable bonds is 4. The van der Waals surface area contributed by atoms with Gasteiger partial charge in [0.2, 0.25) is 11.3 Å². The number of carbonyl (C=O) groups is 1. The minimum absolute atomic E-state index is 0.0249. The van der Waals surface area contributed by atoms with Gasteiger partial charge in [0.05, 0.1) is 18.7 Å². The number of amides is 1. The quantitative estimate of drug-likeness (QED) is 0.572. The van der Waals surface area contributed by atoms with Crippen LogP contribution in [0.1, 0.15) is 18.1 Å². The number of benzene rings is 1. The molecule has 5 rings (SSSR count). The fourth-order valence-corrected chi connectivity index (χ4v) is 4.16. The number of nitrogens with one attached hydrogen (secondary N) is 2. The molecule has 2 aliphatic rings. The summed E-state index contributed by atoms with van der Waals surface area (Å²) in [5.74, 6) is 0.441. The minimum Gasteiger partial charge on any atom is -0.378 e. The first kappa shape index (κ1) is 22.0. The third-order valence-electron chi connectivity index (χ3n) is 5.83. The van der Waals surface area contributed by atoms with Gasteiger partial charge in [-0.05, 0) is 43.0 Å². The molecule has 3 aromatic rings. The summed E-state index contributed by atoms with van der Waals surface area (Å²) >= 11 is 0. The summed E-state index contributed by atoms with van der Waals surface area (Å²) in [6, 6.07) is 14.1. The van der Waals surface area contributed by atoms with Gasteiger partial charge in [-0.2, -0.15) is 0 Å². The molecule has 2 aromatic heterocycles. The first-order valence-electron chi connectivity index (χ1n) is 11.0. The van der Waals surface area contributed by atoms with E-state index >= 15 is 0 Å². The zero-order valence-electron chi connectivity index (χ0n) is 18.2. The largest absolute Gasteiger partial charge is 0.378 e. The van der Waals surface area contributed by atoms with Crippen LogP contribution in [0.15, 0.2) is 53.5 Å². The van der Waals surface area contributed by atoms with Crippen molar-refractivity contribution in [3.05, 3.63) is 70.0 Å². The second kappa shape index (κ2) is 9.93. The monoisotopic (exact) mass is 435 g/mol. The number of nitrogens with two attached hydrogens (primary N) is 1. The van der Waals surface area contributed by atoms with Gasteiger partial charge in [0, 0.05) is 31.4 Å². The standard InChI is InChI=1S/C19H19N3O.C5H10N2O2/c1-2-22-10-9-17(23)19-16(22)7-8-18(21-19)20-15-11-13-5-3-4-6-14(13)12-15;6-5(8)4-3-9-2-1-7-4/h3-10,15H,2,11-12H2,1H3,(H,20,21);4,7H,1-3H2,(H2,6,8). The number of nitrogens with zero attached hydrogens (tertiary/aromatic N) is 2. The first-order chi connectivity index (χ1) is 15.5. The number of aromatic nitrogens is 2. The summed E-state index contributed by atoms with van der Waals surface area (Å²) in [6.07, 6.45) is 3.83. The van der Waals surface area contributed by atoms with E-state index in [0.717, 1.165) is 30.7 Å². The molecule has 1 fully saturated rings. The average Bonchev–Trinajstić information content (AvgIpc) is 3.23. The third-order valence-corrected chi connectivity index (χ3v) is 5.83. The molecule has 1 aliphatic carbocycles. The molecule has 0 spiro atoms. The molecule has 0 bridgehead atoms. The summed E-state index contributed by atoms with van der Waals surface area (Å²) in [5.41, 5.74) is 9.19. The lowest BCUT2D eigenvalue weighted by atomic mass is 10.1. The van der Waals surface area contributed by atoms with Crippen molar-refractivity contribution in [3.63, 3.8) is 0 Å². The van der Waals surface area contributed by atoms with Crippen molar-refractivity contribution in [2.75, 3.05) is 25.1 Å². The third kappa shape index (κ3) is 4.98. The number of aryl methyl sites for hydroxylation is 1. The van der Waals surface area contributed by atoms with Gasteiger partial charge in [0.15, 0.2) is 0 Å². The zero-order chi connectivity index (χ0) is 22.5. The van der Waals surface area contributed by atoms with Crippen LogP contribution in [-0.4, -0.2) is 47.3 Å². The number of morpholine rings is 1. The Kier molecular flexibility index (Phi) is 6.82. The molecule has 0 radical (unpaired) electrons. The molecule has 32 heavy (non-hydrogen) atoms. The Morgan fingerprint density at radius 2 is 1.97 bits per heavy atom. The van der Waals surface area contributed by atoms with E-state index in [1.807, 2.05) is 22.9 Å². The van der Waals surface area contributed by atoms with Crippen molar-refractivity contribution in [1.29, 1.82) is 0 Å².